The van der Waals surface area contributed by atoms with Gasteiger partial charge in [-0.25, -0.2) is 4.68 Å². The van der Waals surface area contributed by atoms with Crippen LogP contribution in [0.15, 0.2) is 28.9 Å². The maximum Gasteiger partial charge on any atom is 0.107 e. The number of rotatable bonds is 6. The first-order valence-electron chi connectivity index (χ1n) is 8.03. The number of hydrogen-bond acceptors (Lipinski definition) is 4. The van der Waals surface area contributed by atoms with Crippen LogP contribution in [0.1, 0.15) is 48.2 Å². The zero-order valence-electron chi connectivity index (χ0n) is 14.2. The van der Waals surface area contributed by atoms with Crippen molar-refractivity contribution in [2.24, 2.45) is 0 Å². The van der Waals surface area contributed by atoms with Gasteiger partial charge in [0.2, 0.25) is 0 Å². The van der Waals surface area contributed by atoms with Crippen molar-refractivity contribution in [3.63, 3.8) is 0 Å². The summed E-state index contributed by atoms with van der Waals surface area (Å²) < 4.78 is 9.51. The van der Waals surface area contributed by atoms with Crippen molar-refractivity contribution in [1.29, 1.82) is 0 Å². The van der Waals surface area contributed by atoms with Crippen LogP contribution in [0, 0.1) is 13.8 Å². The Morgan fingerprint density at radius 2 is 2.00 bits per heavy atom. The average molecular weight is 313 g/mol. The van der Waals surface area contributed by atoms with E-state index in [4.69, 9.17) is 4.42 Å². The fourth-order valence-corrected chi connectivity index (χ4v) is 2.69. The quantitative estimate of drug-likeness (QED) is 0.701. The van der Waals surface area contributed by atoms with Gasteiger partial charge in [0.05, 0.1) is 17.9 Å². The van der Waals surface area contributed by atoms with E-state index in [0.717, 1.165) is 35.9 Å². The minimum absolute atomic E-state index is 0.290. The molecule has 6 heteroatoms. The lowest BCUT2D eigenvalue weighted by Crippen LogP contribution is -2.01. The highest BCUT2D eigenvalue weighted by Crippen LogP contribution is 2.21. The van der Waals surface area contributed by atoms with Crippen molar-refractivity contribution in [1.82, 2.24) is 24.8 Å². The lowest BCUT2D eigenvalue weighted by molar-refractivity contribution is 0.450. The molecule has 3 heterocycles. The van der Waals surface area contributed by atoms with Crippen LogP contribution in [0.5, 0.6) is 0 Å². The highest BCUT2D eigenvalue weighted by atomic mass is 16.3. The van der Waals surface area contributed by atoms with E-state index >= 15 is 0 Å². The molecule has 122 valence electrons. The average Bonchev–Trinajstić information content (AvgIpc) is 3.22. The van der Waals surface area contributed by atoms with Gasteiger partial charge < -0.3 is 4.42 Å². The van der Waals surface area contributed by atoms with E-state index in [0.29, 0.717) is 12.5 Å². The number of nitrogens with zero attached hydrogens (tertiary/aromatic N) is 5. The summed E-state index contributed by atoms with van der Waals surface area (Å²) >= 11 is 0. The van der Waals surface area contributed by atoms with E-state index in [-0.39, 0.29) is 0 Å². The standard InChI is InChI=1S/C17H23N5O/c1-5-21-9-15(14(4)19-21)10-22-11-16(18-20-22)8-12(2)17-7-6-13(3)23-17/h6-7,9,11-12H,5,8,10H2,1-4H3/t12-/m0/s1. The predicted molar refractivity (Wildman–Crippen MR) is 87.3 cm³/mol. The molecule has 3 aromatic heterocycles. The lowest BCUT2D eigenvalue weighted by Gasteiger charge is -2.05. The second-order valence-electron chi connectivity index (χ2n) is 6.06. The van der Waals surface area contributed by atoms with Gasteiger partial charge in [-0.3, -0.25) is 4.68 Å². The Morgan fingerprint density at radius 1 is 1.17 bits per heavy atom. The molecule has 1 atom stereocenters. The molecule has 0 unspecified atom stereocenters. The topological polar surface area (TPSA) is 61.7 Å². The van der Waals surface area contributed by atoms with Crippen LogP contribution in [-0.2, 0) is 19.5 Å². The Morgan fingerprint density at radius 3 is 2.65 bits per heavy atom. The first-order chi connectivity index (χ1) is 11.0. The molecule has 0 N–H and O–H groups in total. The molecule has 3 aromatic rings. The maximum atomic E-state index is 5.68. The number of aryl methyl sites for hydroxylation is 3. The van der Waals surface area contributed by atoms with Gasteiger partial charge in [-0.1, -0.05) is 12.1 Å². The van der Waals surface area contributed by atoms with Gasteiger partial charge >= 0.3 is 0 Å². The fraction of sp³-hybridized carbons (Fsp3) is 0.471. The van der Waals surface area contributed by atoms with E-state index in [1.807, 2.05) is 41.5 Å². The third-order valence-corrected chi connectivity index (χ3v) is 4.05. The van der Waals surface area contributed by atoms with Crippen molar-refractivity contribution in [2.75, 3.05) is 0 Å². The van der Waals surface area contributed by atoms with Gasteiger partial charge in [0.25, 0.3) is 0 Å². The molecule has 0 radical (unpaired) electrons. The van der Waals surface area contributed by atoms with Crippen molar-refractivity contribution in [3.05, 3.63) is 53.0 Å². The molecule has 0 spiro atoms. The van der Waals surface area contributed by atoms with Gasteiger partial charge in [0.15, 0.2) is 0 Å². The molecule has 0 aliphatic rings. The van der Waals surface area contributed by atoms with E-state index < -0.39 is 0 Å². The largest absolute Gasteiger partial charge is 0.466 e. The summed E-state index contributed by atoms with van der Waals surface area (Å²) in [7, 11) is 0. The summed E-state index contributed by atoms with van der Waals surface area (Å²) in [5, 5.41) is 13.0. The minimum Gasteiger partial charge on any atom is -0.466 e. The zero-order chi connectivity index (χ0) is 16.4. The second-order valence-corrected chi connectivity index (χ2v) is 6.06. The monoisotopic (exact) mass is 313 g/mol. The third-order valence-electron chi connectivity index (χ3n) is 4.05. The molecular formula is C17H23N5O. The summed E-state index contributed by atoms with van der Waals surface area (Å²) in [6.45, 7) is 9.80. The van der Waals surface area contributed by atoms with Crippen molar-refractivity contribution >= 4 is 0 Å². The molecule has 6 nitrogen and oxygen atoms in total. The fourth-order valence-electron chi connectivity index (χ4n) is 2.69. The van der Waals surface area contributed by atoms with E-state index in [9.17, 15) is 0 Å². The summed E-state index contributed by atoms with van der Waals surface area (Å²) in [6, 6.07) is 4.03. The Hall–Kier alpha value is -2.37. The number of hydrogen-bond donors (Lipinski definition) is 0. The normalized spacial score (nSPS) is 12.7. The van der Waals surface area contributed by atoms with Gasteiger partial charge in [0, 0.05) is 36.8 Å². The van der Waals surface area contributed by atoms with Crippen LogP contribution in [-0.4, -0.2) is 24.8 Å². The Labute approximate surface area is 136 Å². The third kappa shape index (κ3) is 3.52. The SMILES string of the molecule is CCn1cc(Cn2cc(C[C@H](C)c3ccc(C)o3)nn2)c(C)n1. The summed E-state index contributed by atoms with van der Waals surface area (Å²) in [6.07, 6.45) is 4.90. The van der Waals surface area contributed by atoms with Crippen molar-refractivity contribution < 1.29 is 4.42 Å². The minimum atomic E-state index is 0.290. The van der Waals surface area contributed by atoms with Crippen LogP contribution in [0.3, 0.4) is 0 Å². The zero-order valence-corrected chi connectivity index (χ0v) is 14.2. The predicted octanol–water partition coefficient (Wildman–Crippen LogP) is 3.10. The lowest BCUT2D eigenvalue weighted by atomic mass is 10.0. The van der Waals surface area contributed by atoms with Crippen LogP contribution in [0.25, 0.3) is 0 Å². The molecule has 0 aliphatic heterocycles. The number of furan rings is 1. The van der Waals surface area contributed by atoms with Crippen LogP contribution >= 0.6 is 0 Å². The molecule has 0 aromatic carbocycles. The summed E-state index contributed by atoms with van der Waals surface area (Å²) in [4.78, 5) is 0. The van der Waals surface area contributed by atoms with Crippen LogP contribution in [0.4, 0.5) is 0 Å². The molecule has 0 saturated heterocycles. The first-order valence-corrected chi connectivity index (χ1v) is 8.03. The molecule has 0 fully saturated rings. The van der Waals surface area contributed by atoms with E-state index in [1.54, 1.807) is 0 Å². The smallest absolute Gasteiger partial charge is 0.107 e. The molecule has 23 heavy (non-hydrogen) atoms. The maximum absolute atomic E-state index is 5.68. The van der Waals surface area contributed by atoms with Gasteiger partial charge in [0.1, 0.15) is 11.5 Å². The van der Waals surface area contributed by atoms with Gasteiger partial charge in [-0.2, -0.15) is 5.10 Å². The molecule has 0 saturated carbocycles. The molecule has 0 aliphatic carbocycles. The molecule has 3 rings (SSSR count). The molecule has 0 bridgehead atoms. The highest BCUT2D eigenvalue weighted by Gasteiger charge is 2.13. The van der Waals surface area contributed by atoms with Crippen LogP contribution in [0.2, 0.25) is 0 Å². The van der Waals surface area contributed by atoms with Crippen molar-refractivity contribution in [3.8, 4) is 0 Å². The Balaban J connectivity index is 1.66. The molecular weight excluding hydrogens is 290 g/mol. The highest BCUT2D eigenvalue weighted by molar-refractivity contribution is 5.16. The second kappa shape index (κ2) is 6.40. The molecule has 0 amide bonds. The van der Waals surface area contributed by atoms with Gasteiger partial charge in [-0.05, 0) is 32.9 Å². The summed E-state index contributed by atoms with van der Waals surface area (Å²) in [5.74, 6) is 2.23. The Kier molecular flexibility index (Phi) is 4.32. The number of aromatic nitrogens is 5. The summed E-state index contributed by atoms with van der Waals surface area (Å²) in [5.41, 5.74) is 3.20. The van der Waals surface area contributed by atoms with E-state index in [1.165, 1.54) is 5.56 Å². The van der Waals surface area contributed by atoms with Gasteiger partial charge in [-0.15, -0.1) is 5.10 Å². The first kappa shape index (κ1) is 15.5. The Bertz CT molecular complexity index is 783. The van der Waals surface area contributed by atoms with E-state index in [2.05, 4.69) is 35.5 Å². The van der Waals surface area contributed by atoms with Crippen molar-refractivity contribution in [2.45, 2.75) is 53.1 Å². The van der Waals surface area contributed by atoms with Crippen LogP contribution < -0.4 is 0 Å².